The number of likely N-dealkylation sites (N-methyl/N-ethyl adjacent to an activating group) is 1. The van der Waals surface area contributed by atoms with E-state index in [-0.39, 0.29) is 0 Å². The Balaban J connectivity index is 1.49. The van der Waals surface area contributed by atoms with E-state index in [0.717, 1.165) is 13.1 Å². The number of rotatable bonds is 7. The summed E-state index contributed by atoms with van der Waals surface area (Å²) < 4.78 is 0. The van der Waals surface area contributed by atoms with Crippen LogP contribution in [0, 0.1) is 0 Å². The molecule has 0 unspecified atom stereocenters. The summed E-state index contributed by atoms with van der Waals surface area (Å²) in [6.07, 6.45) is 2.50. The number of piperidine rings is 1. The lowest BCUT2D eigenvalue weighted by atomic mass is 10.0. The second-order valence-electron chi connectivity index (χ2n) is 6.67. The Bertz CT molecular complexity index is 603. The molecule has 1 aliphatic heterocycles. The predicted octanol–water partition coefficient (Wildman–Crippen LogP) is 3.13. The molecule has 0 radical (unpaired) electrons. The van der Waals surface area contributed by atoms with Gasteiger partial charge in [0.25, 0.3) is 0 Å². The van der Waals surface area contributed by atoms with Gasteiger partial charge in [-0.3, -0.25) is 0 Å². The fourth-order valence-corrected chi connectivity index (χ4v) is 3.38. The minimum Gasteiger partial charge on any atom is -0.318 e. The van der Waals surface area contributed by atoms with Crippen LogP contribution in [-0.2, 0) is 6.54 Å². The lowest BCUT2D eigenvalue weighted by Crippen LogP contribution is -2.44. The van der Waals surface area contributed by atoms with E-state index in [1.54, 1.807) is 0 Å². The third kappa shape index (κ3) is 4.91. The van der Waals surface area contributed by atoms with Crippen molar-refractivity contribution in [1.82, 2.24) is 15.5 Å². The van der Waals surface area contributed by atoms with E-state index in [0.29, 0.717) is 6.04 Å². The molecule has 0 amide bonds. The van der Waals surface area contributed by atoms with Crippen LogP contribution in [0.15, 0.2) is 54.6 Å². The molecular weight excluding hydrogens is 294 g/mol. The summed E-state index contributed by atoms with van der Waals surface area (Å²) in [5, 5.41) is 6.99. The van der Waals surface area contributed by atoms with Gasteiger partial charge in [0.05, 0.1) is 0 Å². The predicted molar refractivity (Wildman–Crippen MR) is 102 cm³/mol. The first kappa shape index (κ1) is 17.2. The summed E-state index contributed by atoms with van der Waals surface area (Å²) in [4.78, 5) is 2.56. The van der Waals surface area contributed by atoms with Crippen LogP contribution in [0.4, 0.5) is 0 Å². The second kappa shape index (κ2) is 8.97. The Morgan fingerprint density at radius 2 is 1.71 bits per heavy atom. The molecule has 2 aromatic carbocycles. The summed E-state index contributed by atoms with van der Waals surface area (Å²) in [6.45, 7) is 5.64. The van der Waals surface area contributed by atoms with E-state index >= 15 is 0 Å². The molecule has 1 fully saturated rings. The van der Waals surface area contributed by atoms with Crippen LogP contribution in [0.1, 0.15) is 18.4 Å². The molecule has 1 saturated heterocycles. The quantitative estimate of drug-likeness (QED) is 0.820. The Kier molecular flexibility index (Phi) is 6.41. The number of likely N-dealkylation sites (tertiary alicyclic amines) is 1. The molecule has 3 heteroatoms. The van der Waals surface area contributed by atoms with Crippen molar-refractivity contribution in [3.8, 4) is 11.1 Å². The van der Waals surface area contributed by atoms with Gasteiger partial charge in [-0.2, -0.15) is 0 Å². The second-order valence-corrected chi connectivity index (χ2v) is 6.67. The first-order valence-corrected chi connectivity index (χ1v) is 9.10. The lowest BCUT2D eigenvalue weighted by molar-refractivity contribution is 0.199. The van der Waals surface area contributed by atoms with Gasteiger partial charge in [0.2, 0.25) is 0 Å². The van der Waals surface area contributed by atoms with Crippen molar-refractivity contribution in [1.29, 1.82) is 0 Å². The highest BCUT2D eigenvalue weighted by Gasteiger charge is 2.18. The van der Waals surface area contributed by atoms with E-state index in [4.69, 9.17) is 0 Å². The SMILES string of the molecule is CNCCN1CCC(NCc2cccc(-c3ccccc3)c2)CC1. The standard InChI is InChI=1S/C21H29N3/c1-22-12-15-24-13-10-21(11-14-24)23-17-18-6-5-9-20(16-18)19-7-3-2-4-8-19/h2-9,16,21-23H,10-15,17H2,1H3. The molecule has 1 heterocycles. The van der Waals surface area contributed by atoms with Gasteiger partial charge in [-0.1, -0.05) is 48.5 Å². The molecule has 128 valence electrons. The first-order valence-electron chi connectivity index (χ1n) is 9.10. The zero-order valence-electron chi connectivity index (χ0n) is 14.7. The molecule has 3 rings (SSSR count). The van der Waals surface area contributed by atoms with Crippen LogP contribution >= 0.6 is 0 Å². The number of hydrogen-bond acceptors (Lipinski definition) is 3. The van der Waals surface area contributed by atoms with Crippen molar-refractivity contribution >= 4 is 0 Å². The van der Waals surface area contributed by atoms with E-state index < -0.39 is 0 Å². The fraction of sp³-hybridized carbons (Fsp3) is 0.429. The molecule has 0 atom stereocenters. The van der Waals surface area contributed by atoms with Gasteiger partial charge in [0.1, 0.15) is 0 Å². The lowest BCUT2D eigenvalue weighted by Gasteiger charge is -2.32. The topological polar surface area (TPSA) is 27.3 Å². The average Bonchev–Trinajstić information content (AvgIpc) is 2.66. The molecule has 2 N–H and O–H groups in total. The summed E-state index contributed by atoms with van der Waals surface area (Å²) in [7, 11) is 2.03. The molecule has 0 bridgehead atoms. The summed E-state index contributed by atoms with van der Waals surface area (Å²) in [5.74, 6) is 0. The molecule has 0 saturated carbocycles. The van der Waals surface area contributed by atoms with Gasteiger partial charge in [-0.05, 0) is 55.7 Å². The van der Waals surface area contributed by atoms with Crippen molar-refractivity contribution in [2.75, 3.05) is 33.2 Å². The number of hydrogen-bond donors (Lipinski definition) is 2. The maximum atomic E-state index is 3.75. The van der Waals surface area contributed by atoms with Gasteiger partial charge in [0, 0.05) is 25.7 Å². The third-order valence-electron chi connectivity index (χ3n) is 4.89. The molecule has 0 aromatic heterocycles. The average molecular weight is 323 g/mol. The monoisotopic (exact) mass is 323 g/mol. The van der Waals surface area contributed by atoms with E-state index in [1.165, 1.54) is 49.2 Å². The minimum absolute atomic E-state index is 0.649. The molecule has 0 spiro atoms. The largest absolute Gasteiger partial charge is 0.318 e. The Morgan fingerprint density at radius 1 is 0.958 bits per heavy atom. The molecule has 1 aliphatic rings. The summed E-state index contributed by atoms with van der Waals surface area (Å²) in [5.41, 5.74) is 3.96. The smallest absolute Gasteiger partial charge is 0.0208 e. The van der Waals surface area contributed by atoms with Crippen LogP contribution in [0.3, 0.4) is 0 Å². The summed E-state index contributed by atoms with van der Waals surface area (Å²) >= 11 is 0. The Hall–Kier alpha value is -1.68. The molecule has 24 heavy (non-hydrogen) atoms. The van der Waals surface area contributed by atoms with Crippen LogP contribution in [0.5, 0.6) is 0 Å². The van der Waals surface area contributed by atoms with E-state index in [2.05, 4.69) is 70.1 Å². The van der Waals surface area contributed by atoms with Crippen molar-refractivity contribution in [2.24, 2.45) is 0 Å². The van der Waals surface area contributed by atoms with Gasteiger partial charge < -0.3 is 15.5 Å². The minimum atomic E-state index is 0.649. The highest BCUT2D eigenvalue weighted by Crippen LogP contribution is 2.20. The number of nitrogens with zero attached hydrogens (tertiary/aromatic N) is 1. The van der Waals surface area contributed by atoms with Crippen molar-refractivity contribution < 1.29 is 0 Å². The maximum Gasteiger partial charge on any atom is 0.0208 e. The fourth-order valence-electron chi connectivity index (χ4n) is 3.38. The molecule has 2 aromatic rings. The zero-order valence-corrected chi connectivity index (χ0v) is 14.7. The van der Waals surface area contributed by atoms with Gasteiger partial charge in [0.15, 0.2) is 0 Å². The van der Waals surface area contributed by atoms with Crippen LogP contribution < -0.4 is 10.6 Å². The van der Waals surface area contributed by atoms with Crippen molar-refractivity contribution in [3.05, 3.63) is 60.2 Å². The molecular formula is C21H29N3. The normalized spacial score (nSPS) is 16.4. The Morgan fingerprint density at radius 3 is 2.46 bits per heavy atom. The number of benzene rings is 2. The van der Waals surface area contributed by atoms with Crippen molar-refractivity contribution in [3.63, 3.8) is 0 Å². The molecule has 0 aliphatic carbocycles. The summed E-state index contributed by atoms with van der Waals surface area (Å²) in [6, 6.07) is 20.2. The Labute approximate surface area is 146 Å². The van der Waals surface area contributed by atoms with Gasteiger partial charge in [-0.15, -0.1) is 0 Å². The maximum absolute atomic E-state index is 3.75. The van der Waals surface area contributed by atoms with Crippen LogP contribution in [-0.4, -0.2) is 44.2 Å². The zero-order chi connectivity index (χ0) is 16.6. The van der Waals surface area contributed by atoms with Crippen molar-refractivity contribution in [2.45, 2.75) is 25.4 Å². The van der Waals surface area contributed by atoms with Gasteiger partial charge in [-0.25, -0.2) is 0 Å². The molecule has 3 nitrogen and oxygen atoms in total. The van der Waals surface area contributed by atoms with E-state index in [1.807, 2.05) is 7.05 Å². The van der Waals surface area contributed by atoms with E-state index in [9.17, 15) is 0 Å². The van der Waals surface area contributed by atoms with Crippen LogP contribution in [0.2, 0.25) is 0 Å². The van der Waals surface area contributed by atoms with Crippen LogP contribution in [0.25, 0.3) is 11.1 Å². The first-order chi connectivity index (χ1) is 11.8. The number of nitrogens with one attached hydrogen (secondary N) is 2. The van der Waals surface area contributed by atoms with Gasteiger partial charge >= 0.3 is 0 Å². The highest BCUT2D eigenvalue weighted by molar-refractivity contribution is 5.63. The third-order valence-corrected chi connectivity index (χ3v) is 4.89. The highest BCUT2D eigenvalue weighted by atomic mass is 15.2.